The number of carbonyl (C=O) groups is 2. The molecule has 7 heteroatoms. The highest BCUT2D eigenvalue weighted by molar-refractivity contribution is 6.51. The van der Waals surface area contributed by atoms with Crippen LogP contribution >= 0.6 is 0 Å². The zero-order chi connectivity index (χ0) is 22.8. The van der Waals surface area contributed by atoms with Crippen molar-refractivity contribution in [3.8, 4) is 5.75 Å². The Balaban J connectivity index is 1.90. The number of aliphatic hydroxyl groups excluding tert-OH is 1. The minimum Gasteiger partial charge on any atom is -0.507 e. The fraction of sp³-hybridized carbons (Fsp3) is 0.240. The summed E-state index contributed by atoms with van der Waals surface area (Å²) in [4.78, 5) is 27.5. The number of anilines is 1. The molecule has 0 spiro atoms. The molecule has 164 valence electrons. The van der Waals surface area contributed by atoms with E-state index in [1.165, 1.54) is 4.90 Å². The molecule has 1 saturated heterocycles. The molecule has 32 heavy (non-hydrogen) atoms. The van der Waals surface area contributed by atoms with E-state index < -0.39 is 17.7 Å². The predicted molar refractivity (Wildman–Crippen MR) is 119 cm³/mol. The molecule has 2 aromatic carbocycles. The standard InChI is InChI=1S/C25H24N2O5/c1-4-12-31-19-7-5-6-18(14-19)22-21(23(28)17-10-8-15(2)9-11-17)24(29)25(30)27(22)20-13-16(3)32-26-20/h5-11,13-14,22,28H,4,12H2,1-3H3/b23-21+/t22-/m0/s1. The number of ketones is 1. The average Bonchev–Trinajstić information content (AvgIpc) is 3.33. The molecule has 3 aromatic rings. The summed E-state index contributed by atoms with van der Waals surface area (Å²) >= 11 is 0. The van der Waals surface area contributed by atoms with Crippen LogP contribution in [0.15, 0.2) is 64.7 Å². The minimum atomic E-state index is -0.883. The molecular weight excluding hydrogens is 408 g/mol. The average molecular weight is 432 g/mol. The van der Waals surface area contributed by atoms with E-state index in [0.29, 0.717) is 29.2 Å². The van der Waals surface area contributed by atoms with Gasteiger partial charge in [0.15, 0.2) is 5.82 Å². The number of carbonyl (C=O) groups excluding carboxylic acids is 2. The monoisotopic (exact) mass is 432 g/mol. The van der Waals surface area contributed by atoms with E-state index in [2.05, 4.69) is 5.16 Å². The van der Waals surface area contributed by atoms with Gasteiger partial charge >= 0.3 is 5.91 Å². The second-order valence-corrected chi connectivity index (χ2v) is 7.75. The molecule has 1 aliphatic rings. The molecule has 1 atom stereocenters. The van der Waals surface area contributed by atoms with E-state index in [4.69, 9.17) is 9.26 Å². The minimum absolute atomic E-state index is 0.00727. The maximum absolute atomic E-state index is 13.1. The first kappa shape index (κ1) is 21.4. The van der Waals surface area contributed by atoms with Crippen molar-refractivity contribution in [2.75, 3.05) is 11.5 Å². The number of aliphatic hydroxyl groups is 1. The van der Waals surface area contributed by atoms with E-state index in [9.17, 15) is 14.7 Å². The Kier molecular flexibility index (Phi) is 5.81. The predicted octanol–water partition coefficient (Wildman–Crippen LogP) is 4.71. The second-order valence-electron chi connectivity index (χ2n) is 7.75. The summed E-state index contributed by atoms with van der Waals surface area (Å²) in [5.41, 5.74) is 2.07. The maximum atomic E-state index is 13.1. The van der Waals surface area contributed by atoms with Gasteiger partial charge in [-0.1, -0.05) is 54.0 Å². The third-order valence-electron chi connectivity index (χ3n) is 5.28. The quantitative estimate of drug-likeness (QED) is 0.345. The SMILES string of the molecule is CCCOc1cccc([C@H]2/C(=C(\O)c3ccc(C)cc3)C(=O)C(=O)N2c2cc(C)on2)c1. The van der Waals surface area contributed by atoms with Gasteiger partial charge in [0.05, 0.1) is 18.2 Å². The largest absolute Gasteiger partial charge is 0.507 e. The zero-order valence-electron chi connectivity index (χ0n) is 18.2. The molecule has 1 amide bonds. The first-order valence-electron chi connectivity index (χ1n) is 10.4. The van der Waals surface area contributed by atoms with Crippen molar-refractivity contribution in [2.24, 2.45) is 0 Å². The van der Waals surface area contributed by atoms with Crippen LogP contribution in [0.25, 0.3) is 5.76 Å². The van der Waals surface area contributed by atoms with Crippen molar-refractivity contribution in [1.82, 2.24) is 5.16 Å². The lowest BCUT2D eigenvalue weighted by Crippen LogP contribution is -2.29. The number of amides is 1. The summed E-state index contributed by atoms with van der Waals surface area (Å²) in [7, 11) is 0. The Morgan fingerprint density at radius 1 is 1.12 bits per heavy atom. The first-order valence-corrected chi connectivity index (χ1v) is 10.4. The number of aromatic nitrogens is 1. The van der Waals surface area contributed by atoms with Crippen LogP contribution in [-0.2, 0) is 9.59 Å². The van der Waals surface area contributed by atoms with Crippen LogP contribution in [0, 0.1) is 13.8 Å². The van der Waals surface area contributed by atoms with Crippen molar-refractivity contribution >= 4 is 23.3 Å². The summed E-state index contributed by atoms with van der Waals surface area (Å²) in [6.45, 7) is 6.17. The van der Waals surface area contributed by atoms with Crippen LogP contribution in [0.2, 0.25) is 0 Å². The van der Waals surface area contributed by atoms with Gasteiger partial charge in [0, 0.05) is 11.6 Å². The Hall–Kier alpha value is -3.87. The number of benzene rings is 2. The van der Waals surface area contributed by atoms with Gasteiger partial charge in [-0.15, -0.1) is 0 Å². The summed E-state index contributed by atoms with van der Waals surface area (Å²) in [6, 6.07) is 15.0. The van der Waals surface area contributed by atoms with E-state index in [1.54, 1.807) is 43.3 Å². The van der Waals surface area contributed by atoms with Crippen molar-refractivity contribution in [3.63, 3.8) is 0 Å². The first-order chi connectivity index (χ1) is 15.4. The van der Waals surface area contributed by atoms with E-state index in [-0.39, 0.29) is 17.2 Å². The molecular formula is C25H24N2O5. The van der Waals surface area contributed by atoms with Gasteiger partial charge in [0.2, 0.25) is 0 Å². The lowest BCUT2D eigenvalue weighted by atomic mass is 9.95. The Bertz CT molecular complexity index is 1190. The highest BCUT2D eigenvalue weighted by atomic mass is 16.5. The van der Waals surface area contributed by atoms with Gasteiger partial charge in [-0.2, -0.15) is 0 Å². The fourth-order valence-electron chi connectivity index (χ4n) is 3.71. The van der Waals surface area contributed by atoms with E-state index in [1.807, 2.05) is 32.0 Å². The molecule has 0 radical (unpaired) electrons. The van der Waals surface area contributed by atoms with Crippen molar-refractivity contribution < 1.29 is 24.0 Å². The van der Waals surface area contributed by atoms with Gasteiger partial charge in [-0.3, -0.25) is 14.5 Å². The van der Waals surface area contributed by atoms with Crippen molar-refractivity contribution in [1.29, 1.82) is 0 Å². The molecule has 1 aliphatic heterocycles. The summed E-state index contributed by atoms with van der Waals surface area (Å²) in [5, 5.41) is 15.1. The molecule has 0 bridgehead atoms. The van der Waals surface area contributed by atoms with Gasteiger partial charge in [-0.05, 0) is 38.0 Å². The smallest absolute Gasteiger partial charge is 0.301 e. The van der Waals surface area contributed by atoms with Crippen LogP contribution < -0.4 is 9.64 Å². The number of rotatable bonds is 6. The molecule has 1 N–H and O–H groups in total. The highest BCUT2D eigenvalue weighted by Gasteiger charge is 2.48. The summed E-state index contributed by atoms with van der Waals surface area (Å²) in [6.07, 6.45) is 0.842. The van der Waals surface area contributed by atoms with Gasteiger partial charge in [0.25, 0.3) is 5.78 Å². The van der Waals surface area contributed by atoms with Crippen LogP contribution in [0.1, 0.15) is 41.8 Å². The number of hydrogen-bond donors (Lipinski definition) is 1. The van der Waals surface area contributed by atoms with E-state index in [0.717, 1.165) is 12.0 Å². The summed E-state index contributed by atoms with van der Waals surface area (Å²) < 4.78 is 10.9. The van der Waals surface area contributed by atoms with Crippen LogP contribution in [0.5, 0.6) is 5.75 Å². The Morgan fingerprint density at radius 2 is 1.88 bits per heavy atom. The van der Waals surface area contributed by atoms with Crippen molar-refractivity contribution in [2.45, 2.75) is 33.2 Å². The molecule has 0 saturated carbocycles. The van der Waals surface area contributed by atoms with Crippen LogP contribution in [-0.4, -0.2) is 28.6 Å². The summed E-state index contributed by atoms with van der Waals surface area (Å²) in [5.74, 6) is -0.486. The topological polar surface area (TPSA) is 92.9 Å². The molecule has 4 rings (SSSR count). The van der Waals surface area contributed by atoms with E-state index >= 15 is 0 Å². The third kappa shape index (κ3) is 3.89. The maximum Gasteiger partial charge on any atom is 0.301 e. The van der Waals surface area contributed by atoms with Gasteiger partial charge in [0.1, 0.15) is 17.3 Å². The van der Waals surface area contributed by atoms with Gasteiger partial charge in [-0.25, -0.2) is 0 Å². The lowest BCUT2D eigenvalue weighted by Gasteiger charge is -2.23. The molecule has 1 aromatic heterocycles. The number of nitrogens with zero attached hydrogens (tertiary/aromatic N) is 2. The number of aryl methyl sites for hydroxylation is 2. The highest BCUT2D eigenvalue weighted by Crippen LogP contribution is 2.42. The third-order valence-corrected chi connectivity index (χ3v) is 5.28. The lowest BCUT2D eigenvalue weighted by molar-refractivity contribution is -0.132. The molecule has 7 nitrogen and oxygen atoms in total. The number of ether oxygens (including phenoxy) is 1. The molecule has 0 aliphatic carbocycles. The van der Waals surface area contributed by atoms with Crippen LogP contribution in [0.3, 0.4) is 0 Å². The Labute approximate surface area is 185 Å². The number of hydrogen-bond acceptors (Lipinski definition) is 6. The molecule has 1 fully saturated rings. The molecule has 2 heterocycles. The Morgan fingerprint density at radius 3 is 2.53 bits per heavy atom. The normalized spacial score (nSPS) is 17.7. The van der Waals surface area contributed by atoms with Crippen molar-refractivity contribution in [3.05, 3.63) is 82.6 Å². The van der Waals surface area contributed by atoms with Gasteiger partial charge < -0.3 is 14.4 Å². The fourth-order valence-corrected chi connectivity index (χ4v) is 3.71. The molecule has 0 unspecified atom stereocenters. The zero-order valence-corrected chi connectivity index (χ0v) is 18.2. The van der Waals surface area contributed by atoms with Crippen LogP contribution in [0.4, 0.5) is 5.82 Å². The number of Topliss-reactive ketones (excluding diaryl/α,β-unsaturated/α-hetero) is 1. The second kappa shape index (κ2) is 8.70.